The first kappa shape index (κ1) is 12.7. The zero-order valence-electron chi connectivity index (χ0n) is 10.8. The molecule has 0 saturated carbocycles. The summed E-state index contributed by atoms with van der Waals surface area (Å²) >= 11 is 0. The van der Waals surface area contributed by atoms with Crippen LogP contribution in [0, 0.1) is 0 Å². The number of unbranched alkanes of at least 4 members (excludes halogenated alkanes) is 1. The molecule has 0 unspecified atom stereocenters. The van der Waals surface area contributed by atoms with Gasteiger partial charge < -0.3 is 15.4 Å². The lowest BCUT2D eigenvalue weighted by atomic mass is 9.99. The van der Waals surface area contributed by atoms with Crippen molar-refractivity contribution in [3.05, 3.63) is 29.3 Å². The van der Waals surface area contributed by atoms with Gasteiger partial charge in [0, 0.05) is 18.8 Å². The van der Waals surface area contributed by atoms with Crippen LogP contribution in [0.1, 0.15) is 30.9 Å². The molecule has 0 aliphatic carbocycles. The number of fused-ring (bicyclic) bond motifs is 1. The molecule has 1 amide bonds. The second kappa shape index (κ2) is 5.76. The molecule has 18 heavy (non-hydrogen) atoms. The van der Waals surface area contributed by atoms with Crippen molar-refractivity contribution < 1.29 is 9.53 Å². The van der Waals surface area contributed by atoms with Gasteiger partial charge in [0.25, 0.3) is 0 Å². The van der Waals surface area contributed by atoms with Gasteiger partial charge in [-0.25, -0.2) is 4.79 Å². The molecular weight excluding hydrogens is 228 g/mol. The summed E-state index contributed by atoms with van der Waals surface area (Å²) in [5, 5.41) is 0. The van der Waals surface area contributed by atoms with Crippen LogP contribution in [0.25, 0.3) is 0 Å². The summed E-state index contributed by atoms with van der Waals surface area (Å²) in [6, 6.07) is 5.90. The van der Waals surface area contributed by atoms with Crippen LogP contribution in [-0.4, -0.2) is 24.1 Å². The van der Waals surface area contributed by atoms with Gasteiger partial charge in [-0.2, -0.15) is 0 Å². The second-order valence-electron chi connectivity index (χ2n) is 4.67. The molecule has 2 N–H and O–H groups in total. The van der Waals surface area contributed by atoms with E-state index in [1.54, 1.807) is 4.90 Å². The van der Waals surface area contributed by atoms with Gasteiger partial charge in [0.15, 0.2) is 0 Å². The average Bonchev–Trinajstić information content (AvgIpc) is 2.38. The first-order valence-electron chi connectivity index (χ1n) is 6.49. The standard InChI is InChI=1S/C14H20N2O2/c1-2-3-8-18-14(17)16-7-6-11-4-5-13(15)9-12(11)10-16/h4-5,9H,2-3,6-8,10,15H2,1H3. The summed E-state index contributed by atoms with van der Waals surface area (Å²) in [6.07, 6.45) is 2.62. The minimum absolute atomic E-state index is 0.212. The Hall–Kier alpha value is -1.71. The van der Waals surface area contributed by atoms with E-state index in [2.05, 4.69) is 6.92 Å². The van der Waals surface area contributed by atoms with E-state index in [1.165, 1.54) is 5.56 Å². The Bertz CT molecular complexity index is 432. The first-order valence-corrected chi connectivity index (χ1v) is 6.49. The van der Waals surface area contributed by atoms with E-state index in [0.29, 0.717) is 13.2 Å². The smallest absolute Gasteiger partial charge is 0.410 e. The molecule has 0 saturated heterocycles. The molecule has 0 aromatic heterocycles. The highest BCUT2D eigenvalue weighted by molar-refractivity contribution is 5.68. The molecule has 4 heteroatoms. The normalized spacial score (nSPS) is 14.2. The summed E-state index contributed by atoms with van der Waals surface area (Å²) in [4.78, 5) is 13.6. The highest BCUT2D eigenvalue weighted by Gasteiger charge is 2.21. The van der Waals surface area contributed by atoms with Gasteiger partial charge in [-0.3, -0.25) is 0 Å². The number of amides is 1. The molecule has 1 aromatic rings. The van der Waals surface area contributed by atoms with Crippen molar-refractivity contribution in [2.45, 2.75) is 32.7 Å². The number of benzene rings is 1. The molecule has 4 nitrogen and oxygen atoms in total. The van der Waals surface area contributed by atoms with Crippen molar-refractivity contribution >= 4 is 11.8 Å². The van der Waals surface area contributed by atoms with E-state index < -0.39 is 0 Å². The van der Waals surface area contributed by atoms with Crippen molar-refractivity contribution in [2.24, 2.45) is 0 Å². The third-order valence-electron chi connectivity index (χ3n) is 3.22. The zero-order valence-corrected chi connectivity index (χ0v) is 10.8. The number of ether oxygens (including phenoxy) is 1. The number of nitrogen functional groups attached to an aromatic ring is 1. The maximum absolute atomic E-state index is 11.8. The summed E-state index contributed by atoms with van der Waals surface area (Å²) in [7, 11) is 0. The Kier molecular flexibility index (Phi) is 4.07. The molecule has 0 radical (unpaired) electrons. The number of rotatable bonds is 3. The Morgan fingerprint density at radius 2 is 2.28 bits per heavy atom. The van der Waals surface area contributed by atoms with Gasteiger partial charge in [0.1, 0.15) is 0 Å². The predicted octanol–water partition coefficient (Wildman–Crippen LogP) is 2.56. The van der Waals surface area contributed by atoms with E-state index >= 15 is 0 Å². The van der Waals surface area contributed by atoms with E-state index in [1.807, 2.05) is 18.2 Å². The third kappa shape index (κ3) is 2.94. The first-order chi connectivity index (χ1) is 8.70. The van der Waals surface area contributed by atoms with E-state index in [0.717, 1.165) is 37.1 Å². The maximum atomic E-state index is 11.8. The minimum Gasteiger partial charge on any atom is -0.449 e. The Morgan fingerprint density at radius 3 is 3.06 bits per heavy atom. The quantitative estimate of drug-likeness (QED) is 0.660. The fourth-order valence-electron chi connectivity index (χ4n) is 2.13. The number of nitrogens with two attached hydrogens (primary N) is 1. The van der Waals surface area contributed by atoms with Crippen LogP contribution in [0.15, 0.2) is 18.2 Å². The average molecular weight is 248 g/mol. The summed E-state index contributed by atoms with van der Waals surface area (Å²) < 4.78 is 5.22. The van der Waals surface area contributed by atoms with E-state index in [-0.39, 0.29) is 6.09 Å². The third-order valence-corrected chi connectivity index (χ3v) is 3.22. The monoisotopic (exact) mass is 248 g/mol. The summed E-state index contributed by atoms with van der Waals surface area (Å²) in [6.45, 7) is 3.91. The van der Waals surface area contributed by atoms with Crippen molar-refractivity contribution in [3.63, 3.8) is 0 Å². The molecule has 1 heterocycles. The van der Waals surface area contributed by atoms with Gasteiger partial charge in [-0.15, -0.1) is 0 Å². The fraction of sp³-hybridized carbons (Fsp3) is 0.500. The molecule has 0 spiro atoms. The van der Waals surface area contributed by atoms with Crippen LogP contribution in [0.5, 0.6) is 0 Å². The lowest BCUT2D eigenvalue weighted by Gasteiger charge is -2.28. The van der Waals surface area contributed by atoms with Crippen LogP contribution in [0.3, 0.4) is 0 Å². The highest BCUT2D eigenvalue weighted by Crippen LogP contribution is 2.21. The van der Waals surface area contributed by atoms with Crippen LogP contribution in [0.2, 0.25) is 0 Å². The van der Waals surface area contributed by atoms with Crippen molar-refractivity contribution in [1.82, 2.24) is 4.90 Å². The zero-order chi connectivity index (χ0) is 13.0. The lowest BCUT2D eigenvalue weighted by Crippen LogP contribution is -2.36. The number of hydrogen-bond acceptors (Lipinski definition) is 3. The minimum atomic E-state index is -0.212. The molecular formula is C14H20N2O2. The molecule has 0 atom stereocenters. The summed E-state index contributed by atoms with van der Waals surface area (Å²) in [5.74, 6) is 0. The highest BCUT2D eigenvalue weighted by atomic mass is 16.6. The SMILES string of the molecule is CCCCOC(=O)N1CCc2ccc(N)cc2C1. The topological polar surface area (TPSA) is 55.6 Å². The molecule has 1 aromatic carbocycles. The van der Waals surface area contributed by atoms with Crippen molar-refractivity contribution in [1.29, 1.82) is 0 Å². The maximum Gasteiger partial charge on any atom is 0.410 e. The van der Waals surface area contributed by atoms with Gasteiger partial charge in [-0.05, 0) is 36.1 Å². The van der Waals surface area contributed by atoms with Gasteiger partial charge in [0.2, 0.25) is 0 Å². The number of nitrogens with zero attached hydrogens (tertiary/aromatic N) is 1. The Morgan fingerprint density at radius 1 is 1.44 bits per heavy atom. The van der Waals surface area contributed by atoms with Gasteiger partial charge in [0.05, 0.1) is 6.61 Å². The van der Waals surface area contributed by atoms with Crippen molar-refractivity contribution in [3.8, 4) is 0 Å². The second-order valence-corrected chi connectivity index (χ2v) is 4.67. The molecule has 1 aliphatic heterocycles. The van der Waals surface area contributed by atoms with Crippen LogP contribution >= 0.6 is 0 Å². The molecule has 0 fully saturated rings. The van der Waals surface area contributed by atoms with E-state index in [9.17, 15) is 4.79 Å². The van der Waals surface area contributed by atoms with Gasteiger partial charge >= 0.3 is 6.09 Å². The largest absolute Gasteiger partial charge is 0.449 e. The number of hydrogen-bond donors (Lipinski definition) is 1. The van der Waals surface area contributed by atoms with Crippen LogP contribution in [0.4, 0.5) is 10.5 Å². The van der Waals surface area contributed by atoms with Crippen LogP contribution in [-0.2, 0) is 17.7 Å². The van der Waals surface area contributed by atoms with Crippen molar-refractivity contribution in [2.75, 3.05) is 18.9 Å². The summed E-state index contributed by atoms with van der Waals surface area (Å²) in [5.41, 5.74) is 8.92. The number of carbonyl (C=O) groups excluding carboxylic acids is 1. The number of anilines is 1. The lowest BCUT2D eigenvalue weighted by molar-refractivity contribution is 0.0966. The number of carbonyl (C=O) groups is 1. The Balaban J connectivity index is 1.96. The van der Waals surface area contributed by atoms with Crippen LogP contribution < -0.4 is 5.73 Å². The fourth-order valence-corrected chi connectivity index (χ4v) is 2.13. The molecule has 1 aliphatic rings. The Labute approximate surface area is 108 Å². The molecule has 0 bridgehead atoms. The predicted molar refractivity (Wildman–Crippen MR) is 71.2 cm³/mol. The molecule has 2 rings (SSSR count). The molecule has 98 valence electrons. The van der Waals surface area contributed by atoms with Gasteiger partial charge in [-0.1, -0.05) is 19.4 Å². The van der Waals surface area contributed by atoms with E-state index in [4.69, 9.17) is 10.5 Å².